The molecule has 0 saturated heterocycles. The Morgan fingerprint density at radius 1 is 1.00 bits per heavy atom. The number of rotatable bonds is 3. The summed E-state index contributed by atoms with van der Waals surface area (Å²) in [5.41, 5.74) is 1.28. The van der Waals surface area contributed by atoms with Gasteiger partial charge in [0.2, 0.25) is 0 Å². The van der Waals surface area contributed by atoms with Gasteiger partial charge in [0.25, 0.3) is 0 Å². The van der Waals surface area contributed by atoms with E-state index in [0.717, 1.165) is 18.0 Å². The first-order chi connectivity index (χ1) is 6.77. The average Bonchev–Trinajstić information content (AvgIpc) is 2.25. The molecule has 0 N–H and O–H groups in total. The van der Waals surface area contributed by atoms with E-state index in [9.17, 15) is 0 Å². The zero-order valence-electron chi connectivity index (χ0n) is 9.62. The molecule has 0 aliphatic rings. The highest BCUT2D eigenvalue weighted by Crippen LogP contribution is 2.16. The quantitative estimate of drug-likeness (QED) is 0.743. The summed E-state index contributed by atoms with van der Waals surface area (Å²) in [4.78, 5) is 3.33. The van der Waals surface area contributed by atoms with Crippen molar-refractivity contribution < 1.29 is 0 Å². The largest absolute Gasteiger partial charge is 0.372 e. The van der Waals surface area contributed by atoms with Gasteiger partial charge >= 0.3 is 0 Å². The van der Waals surface area contributed by atoms with Crippen molar-refractivity contribution in [1.82, 2.24) is 0 Å². The summed E-state index contributed by atoms with van der Waals surface area (Å²) in [5, 5.41) is 0. The summed E-state index contributed by atoms with van der Waals surface area (Å²) in [6.45, 7) is 10.4. The van der Waals surface area contributed by atoms with Crippen LogP contribution in [0.3, 0.4) is 0 Å². The highest BCUT2D eigenvalue weighted by Gasteiger charge is 1.99. The molecule has 1 aromatic carbocycles. The maximum absolute atomic E-state index is 4.24. The smallest absolute Gasteiger partial charge is 0.0366 e. The Kier molecular flexibility index (Phi) is 7.40. The van der Waals surface area contributed by atoms with Crippen molar-refractivity contribution in [3.05, 3.63) is 24.3 Å². The molecule has 0 aromatic heterocycles. The number of thiol groups is 1. The van der Waals surface area contributed by atoms with Crippen molar-refractivity contribution >= 4 is 18.3 Å². The van der Waals surface area contributed by atoms with Crippen LogP contribution in [0, 0.1) is 0 Å². The molecular formula is C12H21NS. The SMILES string of the molecule is CC.CCN(CC)c1ccc(S)cc1. The van der Waals surface area contributed by atoms with E-state index in [1.165, 1.54) is 5.69 Å². The summed E-state index contributed by atoms with van der Waals surface area (Å²) in [6.07, 6.45) is 0. The highest BCUT2D eigenvalue weighted by molar-refractivity contribution is 7.80. The van der Waals surface area contributed by atoms with E-state index in [1.807, 2.05) is 26.0 Å². The molecule has 14 heavy (non-hydrogen) atoms. The van der Waals surface area contributed by atoms with Crippen molar-refractivity contribution in [2.45, 2.75) is 32.6 Å². The zero-order valence-corrected chi connectivity index (χ0v) is 10.5. The van der Waals surface area contributed by atoms with Gasteiger partial charge in [0.15, 0.2) is 0 Å². The number of anilines is 1. The minimum absolute atomic E-state index is 1.02. The number of hydrogen-bond acceptors (Lipinski definition) is 2. The van der Waals surface area contributed by atoms with Crippen molar-refractivity contribution in [2.24, 2.45) is 0 Å². The highest BCUT2D eigenvalue weighted by atomic mass is 32.1. The van der Waals surface area contributed by atoms with Gasteiger partial charge in [-0.15, -0.1) is 12.6 Å². The zero-order chi connectivity index (χ0) is 11.0. The molecule has 0 saturated carbocycles. The van der Waals surface area contributed by atoms with Crippen LogP contribution < -0.4 is 4.90 Å². The number of nitrogens with zero attached hydrogens (tertiary/aromatic N) is 1. The molecule has 0 fully saturated rings. The standard InChI is InChI=1S/C10H15NS.C2H6/c1-3-11(4-2)9-5-7-10(12)8-6-9;1-2/h5-8,12H,3-4H2,1-2H3;1-2H3. The summed E-state index contributed by atoms with van der Waals surface area (Å²) >= 11 is 4.24. The fraction of sp³-hybridized carbons (Fsp3) is 0.500. The molecule has 1 nitrogen and oxygen atoms in total. The Bertz CT molecular complexity index is 227. The van der Waals surface area contributed by atoms with Crippen molar-refractivity contribution in [1.29, 1.82) is 0 Å². The lowest BCUT2D eigenvalue weighted by atomic mass is 10.3. The van der Waals surface area contributed by atoms with Crippen LogP contribution in [0.1, 0.15) is 27.7 Å². The second-order valence-electron chi connectivity index (χ2n) is 2.69. The molecule has 0 aliphatic carbocycles. The van der Waals surface area contributed by atoms with Crippen LogP contribution in [-0.4, -0.2) is 13.1 Å². The van der Waals surface area contributed by atoms with E-state index in [2.05, 4.69) is 43.5 Å². The Morgan fingerprint density at radius 3 is 1.79 bits per heavy atom. The second-order valence-corrected chi connectivity index (χ2v) is 3.21. The third-order valence-corrected chi connectivity index (χ3v) is 2.28. The van der Waals surface area contributed by atoms with Gasteiger partial charge < -0.3 is 4.90 Å². The van der Waals surface area contributed by atoms with E-state index in [-0.39, 0.29) is 0 Å². The van der Waals surface area contributed by atoms with Crippen molar-refractivity contribution in [3.63, 3.8) is 0 Å². The van der Waals surface area contributed by atoms with Crippen LogP contribution in [0.25, 0.3) is 0 Å². The Hall–Kier alpha value is -0.630. The molecule has 2 heteroatoms. The number of benzene rings is 1. The molecule has 0 amide bonds. The molecule has 0 atom stereocenters. The molecule has 1 aromatic rings. The van der Waals surface area contributed by atoms with Crippen LogP contribution in [-0.2, 0) is 0 Å². The molecule has 0 aliphatic heterocycles. The Labute approximate surface area is 93.5 Å². The molecule has 0 radical (unpaired) electrons. The fourth-order valence-electron chi connectivity index (χ4n) is 1.25. The van der Waals surface area contributed by atoms with Gasteiger partial charge in [-0.2, -0.15) is 0 Å². The van der Waals surface area contributed by atoms with Crippen LogP contribution in [0.5, 0.6) is 0 Å². The minimum atomic E-state index is 1.02. The molecule has 80 valence electrons. The molecular weight excluding hydrogens is 190 g/mol. The fourth-order valence-corrected chi connectivity index (χ4v) is 1.40. The predicted molar refractivity (Wildman–Crippen MR) is 68.6 cm³/mol. The van der Waals surface area contributed by atoms with Crippen LogP contribution in [0.4, 0.5) is 5.69 Å². The van der Waals surface area contributed by atoms with Gasteiger partial charge in [-0.25, -0.2) is 0 Å². The third kappa shape index (κ3) is 4.05. The first-order valence-corrected chi connectivity index (χ1v) is 5.76. The summed E-state index contributed by atoms with van der Waals surface area (Å²) in [5.74, 6) is 0. The van der Waals surface area contributed by atoms with E-state index < -0.39 is 0 Å². The van der Waals surface area contributed by atoms with Gasteiger partial charge in [-0.05, 0) is 38.1 Å². The topological polar surface area (TPSA) is 3.24 Å². The lowest BCUT2D eigenvalue weighted by Gasteiger charge is -2.20. The van der Waals surface area contributed by atoms with Crippen molar-refractivity contribution in [3.8, 4) is 0 Å². The van der Waals surface area contributed by atoms with Gasteiger partial charge in [0, 0.05) is 23.7 Å². The molecule has 1 rings (SSSR count). The van der Waals surface area contributed by atoms with E-state index >= 15 is 0 Å². The maximum Gasteiger partial charge on any atom is 0.0366 e. The summed E-state index contributed by atoms with van der Waals surface area (Å²) in [7, 11) is 0. The summed E-state index contributed by atoms with van der Waals surface area (Å²) < 4.78 is 0. The maximum atomic E-state index is 4.24. The number of hydrogen-bond donors (Lipinski definition) is 1. The monoisotopic (exact) mass is 211 g/mol. The average molecular weight is 211 g/mol. The third-order valence-electron chi connectivity index (χ3n) is 1.98. The van der Waals surface area contributed by atoms with Gasteiger partial charge in [0.1, 0.15) is 0 Å². The van der Waals surface area contributed by atoms with Crippen LogP contribution in [0.2, 0.25) is 0 Å². The summed E-state index contributed by atoms with van der Waals surface area (Å²) in [6, 6.07) is 8.26. The van der Waals surface area contributed by atoms with E-state index in [0.29, 0.717) is 0 Å². The Morgan fingerprint density at radius 2 is 1.43 bits per heavy atom. The molecule has 0 bridgehead atoms. The van der Waals surface area contributed by atoms with E-state index in [1.54, 1.807) is 0 Å². The molecule has 0 unspecified atom stereocenters. The Balaban J connectivity index is 0.000000791. The lowest BCUT2D eigenvalue weighted by Crippen LogP contribution is -2.21. The minimum Gasteiger partial charge on any atom is -0.372 e. The molecule has 0 spiro atoms. The predicted octanol–water partition coefficient (Wildman–Crippen LogP) is 3.85. The van der Waals surface area contributed by atoms with Gasteiger partial charge in [0.05, 0.1) is 0 Å². The van der Waals surface area contributed by atoms with Crippen LogP contribution >= 0.6 is 12.6 Å². The van der Waals surface area contributed by atoms with Crippen molar-refractivity contribution in [2.75, 3.05) is 18.0 Å². The first kappa shape index (κ1) is 13.4. The van der Waals surface area contributed by atoms with Gasteiger partial charge in [-0.3, -0.25) is 0 Å². The normalized spacial score (nSPS) is 8.93. The van der Waals surface area contributed by atoms with E-state index in [4.69, 9.17) is 0 Å². The second kappa shape index (κ2) is 7.74. The first-order valence-electron chi connectivity index (χ1n) is 5.32. The molecule has 0 heterocycles. The lowest BCUT2D eigenvalue weighted by molar-refractivity contribution is 0.865. The van der Waals surface area contributed by atoms with Gasteiger partial charge in [-0.1, -0.05) is 13.8 Å². The van der Waals surface area contributed by atoms with Crippen LogP contribution in [0.15, 0.2) is 29.2 Å².